The Bertz CT molecular complexity index is 1220. The van der Waals surface area contributed by atoms with Gasteiger partial charge in [0, 0.05) is 0 Å². The third kappa shape index (κ3) is 15.8. The van der Waals surface area contributed by atoms with Crippen molar-refractivity contribution < 1.29 is 72.3 Å². The fraction of sp³-hybridized carbons (Fsp3) is 0.345. The zero-order chi connectivity index (χ0) is 37.8. The molecule has 4 rings (SSSR count). The highest BCUT2D eigenvalue weighted by atomic mass is 127. The average molecular weight is 976 g/mol. The number of hydrogen-bond donors (Lipinski definition) is 2. The minimum Gasteiger partial charge on any atom is -0.487 e. The van der Waals surface area contributed by atoms with E-state index in [0.29, 0.717) is 77.6 Å². The third-order valence-corrected chi connectivity index (χ3v) is 7.14. The molecule has 0 spiro atoms. The Morgan fingerprint density at radius 3 is 0.880 bits per heavy atom. The molecule has 4 N–H and O–H groups in total. The van der Waals surface area contributed by atoms with Gasteiger partial charge in [0.15, 0.2) is 63.1 Å². The van der Waals surface area contributed by atoms with Crippen LogP contribution in [0.4, 0.5) is 43.9 Å². The normalized spacial score (nSPS) is 14.2. The summed E-state index contributed by atoms with van der Waals surface area (Å²) in [4.78, 5) is 0. The predicted octanol–water partition coefficient (Wildman–Crippen LogP) is 6.69. The molecule has 0 bridgehead atoms. The van der Waals surface area contributed by atoms with E-state index in [0.717, 1.165) is 45.2 Å². The van der Waals surface area contributed by atoms with Crippen molar-refractivity contribution in [3.63, 3.8) is 0 Å². The number of para-hydroxylation sites is 2. The molecule has 0 radical (unpaired) electrons. The molecule has 0 amide bonds. The lowest BCUT2D eigenvalue weighted by Crippen LogP contribution is -2.18. The lowest BCUT2D eigenvalue weighted by molar-refractivity contribution is -0.00841. The SMILES string of the molecule is Fc1c(F)c(F)c(I)c(F)c1F.Fc1c(F)c(F)c(I)c(F)c1F.NC(N)=S.c1ccc2c(c1)OCCOCCOCCOCCOCCO2. The van der Waals surface area contributed by atoms with Crippen LogP contribution in [0.25, 0.3) is 0 Å². The zero-order valence-corrected chi connectivity index (χ0v) is 30.6. The van der Waals surface area contributed by atoms with Crippen LogP contribution in [-0.4, -0.2) is 71.2 Å². The van der Waals surface area contributed by atoms with E-state index >= 15 is 0 Å². The Balaban J connectivity index is 0.000000380. The number of ether oxygens (including phenoxy) is 6. The summed E-state index contributed by atoms with van der Waals surface area (Å²) in [6, 6.07) is 7.59. The highest BCUT2D eigenvalue weighted by Crippen LogP contribution is 2.27. The number of thiocarbonyl (C=S) groups is 1. The van der Waals surface area contributed by atoms with Gasteiger partial charge < -0.3 is 39.9 Å². The van der Waals surface area contributed by atoms with Gasteiger partial charge in [-0.3, -0.25) is 0 Å². The molecule has 1 aliphatic rings. The first-order valence-electron chi connectivity index (χ1n) is 13.7. The smallest absolute Gasteiger partial charge is 0.200 e. The first kappa shape index (κ1) is 45.6. The molecule has 1 aliphatic heterocycles. The second-order valence-corrected chi connectivity index (χ2v) is 11.4. The largest absolute Gasteiger partial charge is 0.487 e. The molecule has 0 atom stereocenters. The summed E-state index contributed by atoms with van der Waals surface area (Å²) < 4.78 is 154. The minimum absolute atomic E-state index is 0.000000000000000222. The van der Waals surface area contributed by atoms with Crippen LogP contribution < -0.4 is 20.9 Å². The van der Waals surface area contributed by atoms with Crippen LogP contribution in [0, 0.1) is 65.3 Å². The lowest BCUT2D eigenvalue weighted by atomic mass is 10.3. The molecule has 50 heavy (non-hydrogen) atoms. The average Bonchev–Trinajstić information content (AvgIpc) is 3.10. The summed E-state index contributed by atoms with van der Waals surface area (Å²) in [7, 11) is 0. The van der Waals surface area contributed by atoms with Crippen molar-refractivity contribution in [3.8, 4) is 11.5 Å². The number of fused-ring (bicyclic) bond motifs is 1. The standard InChI is InChI=1S/C16H24O6.2C6F5I.CH4N2S/c1-2-4-16-15(3-1)21-13-11-19-9-7-17-5-6-18-8-10-20-12-14-22-16;2*7-1-2(8)4(10)6(12)5(11)3(1)9;2-1(3)4/h1-4H,5-14H2;;;(H4,2,3,4). The van der Waals surface area contributed by atoms with E-state index in [-0.39, 0.29) is 5.11 Å². The molecule has 0 aromatic heterocycles. The second kappa shape index (κ2) is 24.7. The van der Waals surface area contributed by atoms with Crippen LogP contribution >= 0.6 is 57.4 Å². The van der Waals surface area contributed by atoms with E-state index in [9.17, 15) is 43.9 Å². The second-order valence-electron chi connectivity index (χ2n) is 8.76. The monoisotopic (exact) mass is 976 g/mol. The zero-order valence-electron chi connectivity index (χ0n) is 25.4. The summed E-state index contributed by atoms with van der Waals surface area (Å²) in [6.07, 6.45) is 0. The first-order valence-corrected chi connectivity index (χ1v) is 16.2. The number of hydrogen-bond acceptors (Lipinski definition) is 7. The molecule has 21 heteroatoms. The van der Waals surface area contributed by atoms with Crippen LogP contribution in [0.2, 0.25) is 0 Å². The van der Waals surface area contributed by atoms with Crippen LogP contribution in [0.1, 0.15) is 0 Å². The molecule has 0 saturated heterocycles. The number of benzene rings is 3. The molecule has 3 aromatic rings. The van der Waals surface area contributed by atoms with E-state index in [4.69, 9.17) is 28.4 Å². The molecule has 0 fully saturated rings. The fourth-order valence-corrected chi connectivity index (χ4v) is 3.97. The van der Waals surface area contributed by atoms with Crippen molar-refractivity contribution in [1.29, 1.82) is 0 Å². The maximum atomic E-state index is 12.4. The van der Waals surface area contributed by atoms with Crippen molar-refractivity contribution in [3.05, 3.63) is 89.6 Å². The molecule has 0 saturated carbocycles. The maximum Gasteiger partial charge on any atom is 0.200 e. The van der Waals surface area contributed by atoms with Crippen molar-refractivity contribution >= 4 is 62.5 Å². The van der Waals surface area contributed by atoms with Crippen LogP contribution in [0.5, 0.6) is 11.5 Å². The van der Waals surface area contributed by atoms with Gasteiger partial charge in [-0.15, -0.1) is 0 Å². The predicted molar refractivity (Wildman–Crippen MR) is 180 cm³/mol. The van der Waals surface area contributed by atoms with Gasteiger partial charge >= 0.3 is 0 Å². The van der Waals surface area contributed by atoms with Gasteiger partial charge in [-0.2, -0.15) is 0 Å². The summed E-state index contributed by atoms with van der Waals surface area (Å²) in [5, 5.41) is 0.000000000000000222. The van der Waals surface area contributed by atoms with Gasteiger partial charge in [0.05, 0.1) is 60.0 Å². The van der Waals surface area contributed by atoms with E-state index in [1.165, 1.54) is 0 Å². The molecular formula is C29H28F10I2N2O6S. The lowest BCUT2D eigenvalue weighted by Gasteiger charge is -2.13. The Morgan fingerprint density at radius 2 is 0.640 bits per heavy atom. The molecule has 280 valence electrons. The molecule has 1 heterocycles. The van der Waals surface area contributed by atoms with Gasteiger partial charge in [0.25, 0.3) is 0 Å². The summed E-state index contributed by atoms with van der Waals surface area (Å²) in [5.41, 5.74) is 9.24. The van der Waals surface area contributed by atoms with Gasteiger partial charge in [-0.05, 0) is 69.5 Å². The van der Waals surface area contributed by atoms with Gasteiger partial charge in [-0.1, -0.05) is 12.1 Å². The van der Waals surface area contributed by atoms with Crippen molar-refractivity contribution in [2.75, 3.05) is 66.1 Å². The van der Waals surface area contributed by atoms with Crippen molar-refractivity contribution in [1.82, 2.24) is 0 Å². The number of halogens is 12. The topological polar surface area (TPSA) is 107 Å². The highest BCUT2D eigenvalue weighted by molar-refractivity contribution is 14.1. The minimum atomic E-state index is -2.13. The Morgan fingerprint density at radius 1 is 0.440 bits per heavy atom. The number of nitrogens with two attached hydrogens (primary N) is 2. The molecule has 0 aliphatic carbocycles. The van der Waals surface area contributed by atoms with Crippen molar-refractivity contribution in [2.45, 2.75) is 0 Å². The summed E-state index contributed by atoms with van der Waals surface area (Å²) in [6.45, 7) is 5.30. The fourth-order valence-electron chi connectivity index (χ4n) is 3.03. The summed E-state index contributed by atoms with van der Waals surface area (Å²) in [5.74, 6) is -17.7. The Hall–Kier alpha value is -2.45. The summed E-state index contributed by atoms with van der Waals surface area (Å²) >= 11 is 6.17. The van der Waals surface area contributed by atoms with E-state index in [1.54, 1.807) is 0 Å². The molecular weight excluding hydrogens is 948 g/mol. The molecule has 0 unspecified atom stereocenters. The Kier molecular flexibility index (Phi) is 22.5. The molecule has 8 nitrogen and oxygen atoms in total. The van der Waals surface area contributed by atoms with E-state index in [2.05, 4.69) is 23.7 Å². The maximum absolute atomic E-state index is 12.4. The highest BCUT2D eigenvalue weighted by Gasteiger charge is 2.24. The van der Waals surface area contributed by atoms with Crippen LogP contribution in [0.15, 0.2) is 24.3 Å². The van der Waals surface area contributed by atoms with Gasteiger partial charge in [0.1, 0.15) is 13.2 Å². The first-order chi connectivity index (χ1) is 23.6. The van der Waals surface area contributed by atoms with Crippen LogP contribution in [-0.2, 0) is 18.9 Å². The quantitative estimate of drug-likeness (QED) is 0.0839. The van der Waals surface area contributed by atoms with E-state index in [1.807, 2.05) is 24.3 Å². The van der Waals surface area contributed by atoms with Crippen LogP contribution in [0.3, 0.4) is 0 Å². The Labute approximate surface area is 311 Å². The van der Waals surface area contributed by atoms with E-state index < -0.39 is 65.3 Å². The molecule has 3 aromatic carbocycles. The number of rotatable bonds is 0. The van der Waals surface area contributed by atoms with Gasteiger partial charge in [-0.25, -0.2) is 43.9 Å². The van der Waals surface area contributed by atoms with Crippen molar-refractivity contribution in [2.24, 2.45) is 11.5 Å². The third-order valence-electron chi connectivity index (χ3n) is 5.25. The van der Waals surface area contributed by atoms with Gasteiger partial charge in [0.2, 0.25) is 11.6 Å².